The van der Waals surface area contributed by atoms with E-state index in [-0.39, 0.29) is 13.0 Å². The molecule has 6 nitrogen and oxygen atoms in total. The van der Waals surface area contributed by atoms with Crippen molar-refractivity contribution in [3.8, 4) is 0 Å². The molecule has 0 saturated heterocycles. The van der Waals surface area contributed by atoms with Crippen LogP contribution in [0, 0.1) is 0 Å². The second kappa shape index (κ2) is 7.95. The van der Waals surface area contributed by atoms with Gasteiger partial charge in [-0.05, 0) is 23.3 Å². The molecule has 23 heavy (non-hydrogen) atoms. The summed E-state index contributed by atoms with van der Waals surface area (Å²) < 4.78 is 5.08. The van der Waals surface area contributed by atoms with Gasteiger partial charge in [-0.15, -0.1) is 0 Å². The van der Waals surface area contributed by atoms with Gasteiger partial charge in [-0.25, -0.2) is 4.79 Å². The van der Waals surface area contributed by atoms with Gasteiger partial charge < -0.3 is 19.7 Å². The van der Waals surface area contributed by atoms with Gasteiger partial charge in [0.2, 0.25) is 0 Å². The Labute approximate surface area is 133 Å². The Hall–Kier alpha value is -2.86. The standard InChI is InChI=1S/C17H17NO5/c19-15(16(20)21)10-12-6-8-14(9-7-12)18-17(22)23-11-13-4-2-1-3-5-13/h1-9,15,19H,10-11H2,(H,18,22)(H,20,21)/p-1. The van der Waals surface area contributed by atoms with E-state index in [2.05, 4.69) is 5.32 Å². The van der Waals surface area contributed by atoms with E-state index in [9.17, 15) is 19.8 Å². The van der Waals surface area contributed by atoms with Crippen molar-refractivity contribution in [2.75, 3.05) is 5.32 Å². The third-order valence-electron chi connectivity index (χ3n) is 3.11. The SMILES string of the molecule is O=C(Nc1ccc(CC(O)C(=O)[O-])cc1)OCc1ccccc1. The van der Waals surface area contributed by atoms with Gasteiger partial charge in [0, 0.05) is 12.1 Å². The van der Waals surface area contributed by atoms with Gasteiger partial charge in [-0.2, -0.15) is 0 Å². The average Bonchev–Trinajstić information content (AvgIpc) is 2.55. The van der Waals surface area contributed by atoms with Crippen molar-refractivity contribution in [3.05, 3.63) is 65.7 Å². The summed E-state index contributed by atoms with van der Waals surface area (Å²) in [6, 6.07) is 15.7. The monoisotopic (exact) mass is 314 g/mol. The van der Waals surface area contributed by atoms with Crippen LogP contribution in [0.4, 0.5) is 10.5 Å². The highest BCUT2D eigenvalue weighted by Crippen LogP contribution is 2.12. The first-order valence-corrected chi connectivity index (χ1v) is 7.00. The molecule has 2 N–H and O–H groups in total. The van der Waals surface area contributed by atoms with E-state index in [1.807, 2.05) is 30.3 Å². The lowest BCUT2D eigenvalue weighted by molar-refractivity contribution is -0.314. The third-order valence-corrected chi connectivity index (χ3v) is 3.11. The number of carbonyl (C=O) groups excluding carboxylic acids is 2. The number of aliphatic hydroxyl groups is 1. The summed E-state index contributed by atoms with van der Waals surface area (Å²) in [4.78, 5) is 22.1. The average molecular weight is 314 g/mol. The molecule has 2 aromatic rings. The van der Waals surface area contributed by atoms with Gasteiger partial charge in [0.15, 0.2) is 0 Å². The van der Waals surface area contributed by atoms with Crippen LogP contribution in [0.15, 0.2) is 54.6 Å². The number of carboxylic acids is 1. The Morgan fingerprint density at radius 3 is 2.30 bits per heavy atom. The van der Waals surface area contributed by atoms with Crippen LogP contribution in [-0.2, 0) is 22.6 Å². The zero-order chi connectivity index (χ0) is 16.7. The van der Waals surface area contributed by atoms with E-state index in [0.29, 0.717) is 11.3 Å². The number of ether oxygens (including phenoxy) is 1. The number of benzene rings is 2. The van der Waals surface area contributed by atoms with Crippen LogP contribution in [0.3, 0.4) is 0 Å². The fourth-order valence-electron chi connectivity index (χ4n) is 1.91. The normalized spacial score (nSPS) is 11.5. The minimum absolute atomic E-state index is 0.0545. The molecular weight excluding hydrogens is 298 g/mol. The van der Waals surface area contributed by atoms with Crippen LogP contribution in [-0.4, -0.2) is 23.3 Å². The number of rotatable bonds is 6. The molecule has 6 heteroatoms. The molecule has 0 aromatic heterocycles. The molecule has 0 aliphatic heterocycles. The van der Waals surface area contributed by atoms with E-state index in [1.54, 1.807) is 24.3 Å². The van der Waals surface area contributed by atoms with E-state index in [0.717, 1.165) is 5.56 Å². The molecule has 0 radical (unpaired) electrons. The molecule has 1 amide bonds. The first-order valence-electron chi connectivity index (χ1n) is 7.00. The van der Waals surface area contributed by atoms with Crippen molar-refractivity contribution in [2.45, 2.75) is 19.1 Å². The number of aliphatic hydroxyl groups excluding tert-OH is 1. The number of carboxylic acid groups (broad SMARTS) is 1. The van der Waals surface area contributed by atoms with Crippen molar-refractivity contribution >= 4 is 17.7 Å². The van der Waals surface area contributed by atoms with E-state index in [1.165, 1.54) is 0 Å². The lowest BCUT2D eigenvalue weighted by Gasteiger charge is -2.12. The highest BCUT2D eigenvalue weighted by Gasteiger charge is 2.07. The fourth-order valence-corrected chi connectivity index (χ4v) is 1.91. The number of amides is 1. The van der Waals surface area contributed by atoms with Gasteiger partial charge in [-0.1, -0.05) is 42.5 Å². The Kier molecular flexibility index (Phi) is 5.71. The summed E-state index contributed by atoms with van der Waals surface area (Å²) in [6.07, 6.45) is -2.19. The fraction of sp³-hybridized carbons (Fsp3) is 0.176. The molecule has 0 aliphatic rings. The Bertz CT molecular complexity index is 654. The summed E-state index contributed by atoms with van der Waals surface area (Å²) in [5, 5.41) is 22.3. The van der Waals surface area contributed by atoms with Crippen LogP contribution in [0.5, 0.6) is 0 Å². The lowest BCUT2D eigenvalue weighted by atomic mass is 10.1. The number of carbonyl (C=O) groups is 2. The number of hydrogen-bond donors (Lipinski definition) is 2. The van der Waals surface area contributed by atoms with Crippen LogP contribution >= 0.6 is 0 Å². The van der Waals surface area contributed by atoms with Gasteiger partial charge in [-0.3, -0.25) is 5.32 Å². The van der Waals surface area contributed by atoms with Gasteiger partial charge in [0.05, 0.1) is 12.1 Å². The smallest absolute Gasteiger partial charge is 0.411 e. The Morgan fingerprint density at radius 2 is 1.70 bits per heavy atom. The van der Waals surface area contributed by atoms with Gasteiger partial charge in [0.25, 0.3) is 0 Å². The first kappa shape index (κ1) is 16.5. The van der Waals surface area contributed by atoms with Crippen LogP contribution in [0.1, 0.15) is 11.1 Å². The zero-order valence-corrected chi connectivity index (χ0v) is 12.3. The van der Waals surface area contributed by atoms with E-state index >= 15 is 0 Å². The van der Waals surface area contributed by atoms with Crippen LogP contribution < -0.4 is 10.4 Å². The molecule has 0 fully saturated rings. The minimum atomic E-state index is -1.55. The molecule has 0 saturated carbocycles. The van der Waals surface area contributed by atoms with E-state index < -0.39 is 18.2 Å². The molecule has 0 spiro atoms. The predicted molar refractivity (Wildman–Crippen MR) is 81.4 cm³/mol. The van der Waals surface area contributed by atoms with Crippen molar-refractivity contribution in [1.29, 1.82) is 0 Å². The summed E-state index contributed by atoms with van der Waals surface area (Å²) in [7, 11) is 0. The highest BCUT2D eigenvalue weighted by atomic mass is 16.5. The van der Waals surface area contributed by atoms with Crippen molar-refractivity contribution in [3.63, 3.8) is 0 Å². The summed E-state index contributed by atoms with van der Waals surface area (Å²) in [6.45, 7) is 0.169. The van der Waals surface area contributed by atoms with Crippen molar-refractivity contribution in [2.24, 2.45) is 0 Å². The summed E-state index contributed by atoms with van der Waals surface area (Å²) >= 11 is 0. The largest absolute Gasteiger partial charge is 0.547 e. The number of nitrogens with one attached hydrogen (secondary N) is 1. The Balaban J connectivity index is 1.83. The number of hydrogen-bond acceptors (Lipinski definition) is 5. The first-order chi connectivity index (χ1) is 11.0. The predicted octanol–water partition coefficient (Wildman–Crippen LogP) is 1.09. The maximum atomic E-state index is 11.7. The number of aliphatic carboxylic acids is 1. The van der Waals surface area contributed by atoms with Gasteiger partial charge in [0.1, 0.15) is 6.61 Å². The van der Waals surface area contributed by atoms with Crippen LogP contribution in [0.25, 0.3) is 0 Å². The molecule has 1 unspecified atom stereocenters. The lowest BCUT2D eigenvalue weighted by Crippen LogP contribution is -2.36. The molecular formula is C17H16NO5-. The van der Waals surface area contributed by atoms with Crippen molar-refractivity contribution < 1.29 is 24.5 Å². The minimum Gasteiger partial charge on any atom is -0.547 e. The maximum absolute atomic E-state index is 11.7. The second-order valence-corrected chi connectivity index (χ2v) is 4.92. The number of anilines is 1. The van der Waals surface area contributed by atoms with Crippen molar-refractivity contribution in [1.82, 2.24) is 0 Å². The Morgan fingerprint density at radius 1 is 1.04 bits per heavy atom. The molecule has 0 aliphatic carbocycles. The quantitative estimate of drug-likeness (QED) is 0.831. The zero-order valence-electron chi connectivity index (χ0n) is 12.3. The van der Waals surface area contributed by atoms with Crippen LogP contribution in [0.2, 0.25) is 0 Å². The topological polar surface area (TPSA) is 98.7 Å². The molecule has 2 rings (SSSR count). The second-order valence-electron chi connectivity index (χ2n) is 4.92. The molecule has 0 bridgehead atoms. The van der Waals surface area contributed by atoms with Gasteiger partial charge >= 0.3 is 6.09 Å². The van der Waals surface area contributed by atoms with E-state index in [4.69, 9.17) is 4.74 Å². The molecule has 0 heterocycles. The molecule has 1 atom stereocenters. The molecule has 2 aromatic carbocycles. The summed E-state index contributed by atoms with van der Waals surface area (Å²) in [5.74, 6) is -1.52. The maximum Gasteiger partial charge on any atom is 0.411 e. The third kappa shape index (κ3) is 5.44. The highest BCUT2D eigenvalue weighted by molar-refractivity contribution is 5.84. The summed E-state index contributed by atoms with van der Waals surface area (Å²) in [5.41, 5.74) is 2.01. The molecule has 120 valence electrons.